The third-order valence-electron chi connectivity index (χ3n) is 2.63. The highest BCUT2D eigenvalue weighted by Gasteiger charge is 1.96. The first-order valence-electron chi connectivity index (χ1n) is 6.28. The standard InChI is InChI=1S/C14H23N3O/c1-12(4-3-6-16-8-9-18-2)10-13-5-7-17-14(15)11-13/h4-5,7,11,16H,3,6,8-10H2,1-2H3,(H2,15,17). The third kappa shape index (κ3) is 6.37. The number of allylic oxidation sites excluding steroid dienone is 1. The molecule has 0 aromatic carbocycles. The number of hydrogen-bond acceptors (Lipinski definition) is 4. The number of rotatable bonds is 8. The fourth-order valence-electron chi connectivity index (χ4n) is 1.72. The second kappa shape index (κ2) is 8.66. The summed E-state index contributed by atoms with van der Waals surface area (Å²) in [6.07, 6.45) is 5.99. The summed E-state index contributed by atoms with van der Waals surface area (Å²) in [5.41, 5.74) is 8.22. The highest BCUT2D eigenvalue weighted by molar-refractivity contribution is 5.33. The lowest BCUT2D eigenvalue weighted by molar-refractivity contribution is 0.199. The molecule has 0 aliphatic carbocycles. The van der Waals surface area contributed by atoms with Gasteiger partial charge >= 0.3 is 0 Å². The van der Waals surface area contributed by atoms with Crippen LogP contribution in [0, 0.1) is 0 Å². The molecular weight excluding hydrogens is 226 g/mol. The maximum absolute atomic E-state index is 5.65. The summed E-state index contributed by atoms with van der Waals surface area (Å²) < 4.78 is 4.96. The lowest BCUT2D eigenvalue weighted by atomic mass is 10.1. The van der Waals surface area contributed by atoms with Crippen molar-refractivity contribution in [3.63, 3.8) is 0 Å². The summed E-state index contributed by atoms with van der Waals surface area (Å²) in [6, 6.07) is 3.93. The molecule has 0 atom stereocenters. The summed E-state index contributed by atoms with van der Waals surface area (Å²) in [5.74, 6) is 0.585. The van der Waals surface area contributed by atoms with Gasteiger partial charge < -0.3 is 15.8 Å². The molecule has 1 aromatic heterocycles. The van der Waals surface area contributed by atoms with E-state index in [1.165, 1.54) is 11.1 Å². The molecule has 1 heterocycles. The van der Waals surface area contributed by atoms with Crippen molar-refractivity contribution < 1.29 is 4.74 Å². The van der Waals surface area contributed by atoms with Crippen molar-refractivity contribution in [1.29, 1.82) is 0 Å². The first-order valence-corrected chi connectivity index (χ1v) is 6.28. The number of aromatic nitrogens is 1. The van der Waals surface area contributed by atoms with Gasteiger partial charge in [-0.25, -0.2) is 4.98 Å². The molecule has 1 rings (SSSR count). The maximum atomic E-state index is 5.65. The van der Waals surface area contributed by atoms with Gasteiger partial charge in [-0.3, -0.25) is 0 Å². The van der Waals surface area contributed by atoms with E-state index in [-0.39, 0.29) is 0 Å². The average Bonchev–Trinajstić information content (AvgIpc) is 2.33. The number of hydrogen-bond donors (Lipinski definition) is 2. The topological polar surface area (TPSA) is 60.2 Å². The van der Waals surface area contributed by atoms with Crippen LogP contribution in [0.15, 0.2) is 30.0 Å². The predicted molar refractivity (Wildman–Crippen MR) is 75.5 cm³/mol. The molecular formula is C14H23N3O. The molecule has 18 heavy (non-hydrogen) atoms. The largest absolute Gasteiger partial charge is 0.384 e. The van der Waals surface area contributed by atoms with Gasteiger partial charge in [-0.1, -0.05) is 11.6 Å². The Morgan fingerprint density at radius 3 is 3.06 bits per heavy atom. The summed E-state index contributed by atoms with van der Waals surface area (Å²) in [5, 5.41) is 3.32. The van der Waals surface area contributed by atoms with Gasteiger partial charge in [0.25, 0.3) is 0 Å². The second-order valence-electron chi connectivity index (χ2n) is 4.35. The van der Waals surface area contributed by atoms with Crippen LogP contribution < -0.4 is 11.1 Å². The molecule has 0 spiro atoms. The molecule has 0 bridgehead atoms. The van der Waals surface area contributed by atoms with Crippen molar-refractivity contribution in [2.45, 2.75) is 19.8 Å². The van der Waals surface area contributed by atoms with Crippen LogP contribution in [0.3, 0.4) is 0 Å². The van der Waals surface area contributed by atoms with E-state index in [9.17, 15) is 0 Å². The van der Waals surface area contributed by atoms with Crippen molar-refractivity contribution >= 4 is 5.82 Å². The second-order valence-corrected chi connectivity index (χ2v) is 4.35. The monoisotopic (exact) mass is 249 g/mol. The Hall–Kier alpha value is -1.39. The third-order valence-corrected chi connectivity index (χ3v) is 2.63. The van der Waals surface area contributed by atoms with Crippen LogP contribution in [0.25, 0.3) is 0 Å². The normalized spacial score (nSPS) is 11.8. The van der Waals surface area contributed by atoms with Crippen molar-refractivity contribution in [2.24, 2.45) is 0 Å². The molecule has 1 aromatic rings. The zero-order valence-corrected chi connectivity index (χ0v) is 11.3. The number of nitrogens with zero attached hydrogens (tertiary/aromatic N) is 1. The van der Waals surface area contributed by atoms with E-state index in [1.807, 2.05) is 12.1 Å². The van der Waals surface area contributed by atoms with Crippen LogP contribution in [-0.4, -0.2) is 31.8 Å². The number of pyridine rings is 1. The Morgan fingerprint density at radius 1 is 1.50 bits per heavy atom. The molecule has 100 valence electrons. The maximum Gasteiger partial charge on any atom is 0.123 e. The van der Waals surface area contributed by atoms with Gasteiger partial charge in [0.15, 0.2) is 0 Å². The molecule has 0 saturated heterocycles. The van der Waals surface area contributed by atoms with E-state index in [4.69, 9.17) is 10.5 Å². The Labute approximate surface area is 109 Å². The van der Waals surface area contributed by atoms with Crippen molar-refractivity contribution in [1.82, 2.24) is 10.3 Å². The molecule has 4 heteroatoms. The highest BCUT2D eigenvalue weighted by atomic mass is 16.5. The van der Waals surface area contributed by atoms with E-state index in [1.54, 1.807) is 13.3 Å². The molecule has 0 unspecified atom stereocenters. The number of nitrogens with two attached hydrogens (primary N) is 1. The predicted octanol–water partition coefficient (Wildman–Crippen LogP) is 1.78. The minimum atomic E-state index is 0.585. The van der Waals surface area contributed by atoms with E-state index < -0.39 is 0 Å². The number of ether oxygens (including phenoxy) is 1. The molecule has 0 aliphatic rings. The first kappa shape index (κ1) is 14.7. The van der Waals surface area contributed by atoms with Crippen LogP contribution in [0.1, 0.15) is 18.9 Å². The Kier molecular flexibility index (Phi) is 7.06. The van der Waals surface area contributed by atoms with Crippen LogP contribution in [0.5, 0.6) is 0 Å². The van der Waals surface area contributed by atoms with Crippen molar-refractivity contribution in [3.05, 3.63) is 35.5 Å². The lowest BCUT2D eigenvalue weighted by Gasteiger charge is -2.04. The van der Waals surface area contributed by atoms with E-state index >= 15 is 0 Å². The molecule has 0 radical (unpaired) electrons. The molecule has 0 saturated carbocycles. The lowest BCUT2D eigenvalue weighted by Crippen LogP contribution is -2.19. The van der Waals surface area contributed by atoms with Crippen LogP contribution in [-0.2, 0) is 11.2 Å². The van der Waals surface area contributed by atoms with E-state index in [2.05, 4.69) is 23.3 Å². The van der Waals surface area contributed by atoms with Crippen molar-refractivity contribution in [2.75, 3.05) is 32.5 Å². The Bertz CT molecular complexity index is 377. The summed E-state index contributed by atoms with van der Waals surface area (Å²) in [7, 11) is 1.71. The highest BCUT2D eigenvalue weighted by Crippen LogP contribution is 2.09. The molecule has 0 fully saturated rings. The number of nitrogens with one attached hydrogen (secondary N) is 1. The minimum absolute atomic E-state index is 0.585. The number of anilines is 1. The minimum Gasteiger partial charge on any atom is -0.384 e. The van der Waals surface area contributed by atoms with Gasteiger partial charge in [-0.2, -0.15) is 0 Å². The van der Waals surface area contributed by atoms with Gasteiger partial charge in [0.1, 0.15) is 5.82 Å². The Balaban J connectivity index is 2.25. The molecule has 0 amide bonds. The number of nitrogen functional groups attached to an aromatic ring is 1. The average molecular weight is 249 g/mol. The quantitative estimate of drug-likeness (QED) is 0.544. The SMILES string of the molecule is COCCNCCC=C(C)Cc1ccnc(N)c1. The zero-order valence-electron chi connectivity index (χ0n) is 11.3. The van der Waals surface area contributed by atoms with Crippen LogP contribution in [0.2, 0.25) is 0 Å². The zero-order chi connectivity index (χ0) is 13.2. The van der Waals surface area contributed by atoms with E-state index in [0.717, 1.165) is 32.5 Å². The fourth-order valence-corrected chi connectivity index (χ4v) is 1.72. The Morgan fingerprint density at radius 2 is 2.33 bits per heavy atom. The first-order chi connectivity index (χ1) is 8.72. The van der Waals surface area contributed by atoms with Gasteiger partial charge in [-0.05, 0) is 44.0 Å². The van der Waals surface area contributed by atoms with E-state index in [0.29, 0.717) is 5.82 Å². The summed E-state index contributed by atoms with van der Waals surface area (Å²) >= 11 is 0. The van der Waals surface area contributed by atoms with Gasteiger partial charge in [0.2, 0.25) is 0 Å². The van der Waals surface area contributed by atoms with Gasteiger partial charge in [-0.15, -0.1) is 0 Å². The van der Waals surface area contributed by atoms with Gasteiger partial charge in [0, 0.05) is 19.9 Å². The molecule has 4 nitrogen and oxygen atoms in total. The van der Waals surface area contributed by atoms with Crippen LogP contribution >= 0.6 is 0 Å². The van der Waals surface area contributed by atoms with Crippen LogP contribution in [0.4, 0.5) is 5.82 Å². The summed E-state index contributed by atoms with van der Waals surface area (Å²) in [4.78, 5) is 3.99. The van der Waals surface area contributed by atoms with Gasteiger partial charge in [0.05, 0.1) is 6.61 Å². The molecule has 3 N–H and O–H groups in total. The van der Waals surface area contributed by atoms with Crippen molar-refractivity contribution in [3.8, 4) is 0 Å². The summed E-state index contributed by atoms with van der Waals surface area (Å²) in [6.45, 7) is 4.80. The fraction of sp³-hybridized carbons (Fsp3) is 0.500. The smallest absolute Gasteiger partial charge is 0.123 e. The number of methoxy groups -OCH3 is 1. The molecule has 0 aliphatic heterocycles.